The predicted octanol–water partition coefficient (Wildman–Crippen LogP) is 4.42. The fraction of sp³-hybridized carbons (Fsp3) is 0.500. The third-order valence-corrected chi connectivity index (χ3v) is 6.08. The molecule has 1 aromatic heterocycles. The van der Waals surface area contributed by atoms with Gasteiger partial charge >= 0.3 is 0 Å². The number of rotatable bonds is 5. The smallest absolute Gasteiger partial charge is 0.228 e. The van der Waals surface area contributed by atoms with E-state index in [-0.39, 0.29) is 17.2 Å². The molecule has 0 atom stereocenters. The highest BCUT2D eigenvalue weighted by molar-refractivity contribution is 5.84. The normalized spacial score (nSPS) is 16.1. The number of benzene rings is 1. The number of piperidine rings is 1. The second-order valence-electron chi connectivity index (χ2n) is 10.2. The summed E-state index contributed by atoms with van der Waals surface area (Å²) in [7, 11) is 3.65. The minimum Gasteiger partial charge on any atom is -0.348 e. The minimum absolute atomic E-state index is 0.0300. The maximum Gasteiger partial charge on any atom is 0.228 e. The van der Waals surface area contributed by atoms with Crippen LogP contribution in [0.3, 0.4) is 0 Å². The summed E-state index contributed by atoms with van der Waals surface area (Å²) in [6.45, 7) is 7.53. The monoisotopic (exact) mass is 421 g/mol. The summed E-state index contributed by atoms with van der Waals surface area (Å²) in [6, 6.07) is 12.4. The van der Waals surface area contributed by atoms with Crippen LogP contribution in [0.5, 0.6) is 0 Å². The van der Waals surface area contributed by atoms with Crippen LogP contribution in [0.2, 0.25) is 0 Å². The molecule has 1 fully saturated rings. The highest BCUT2D eigenvalue weighted by Gasteiger charge is 2.43. The van der Waals surface area contributed by atoms with Crippen LogP contribution in [-0.2, 0) is 16.0 Å². The molecule has 0 radical (unpaired) electrons. The SMILES string of the molecule is CN(C)C(=O)C1(Cc2cccc(-c3cccnc3)c2)CCN(C(=O)CC(C)(C)C)CC1. The lowest BCUT2D eigenvalue weighted by Gasteiger charge is -2.42. The van der Waals surface area contributed by atoms with Crippen LogP contribution in [0.15, 0.2) is 48.8 Å². The molecule has 2 amide bonds. The van der Waals surface area contributed by atoms with Crippen LogP contribution in [0.25, 0.3) is 11.1 Å². The molecular formula is C26H35N3O2. The lowest BCUT2D eigenvalue weighted by molar-refractivity contribution is -0.146. The molecule has 166 valence electrons. The van der Waals surface area contributed by atoms with E-state index in [1.54, 1.807) is 11.1 Å². The molecule has 31 heavy (non-hydrogen) atoms. The number of hydrogen-bond donors (Lipinski definition) is 0. The Balaban J connectivity index is 1.80. The van der Waals surface area contributed by atoms with Crippen LogP contribution in [0.4, 0.5) is 0 Å². The standard InChI is InChI=1S/C26H35N3O2/c1-25(2,3)18-23(30)29-14-11-26(12-15-29,24(31)28(4)5)17-20-8-6-9-21(16-20)22-10-7-13-27-19-22/h6-10,13,16,19H,11-12,14-15,17-18H2,1-5H3. The first kappa shape index (κ1) is 23.0. The Morgan fingerprint density at radius 1 is 1.06 bits per heavy atom. The van der Waals surface area contributed by atoms with E-state index in [4.69, 9.17) is 0 Å². The molecule has 1 saturated heterocycles. The first-order chi connectivity index (χ1) is 14.6. The minimum atomic E-state index is -0.477. The Labute approximate surface area is 186 Å². The van der Waals surface area contributed by atoms with E-state index in [1.807, 2.05) is 43.4 Å². The van der Waals surface area contributed by atoms with E-state index >= 15 is 0 Å². The molecule has 2 aromatic rings. The van der Waals surface area contributed by atoms with Gasteiger partial charge in [0.05, 0.1) is 5.41 Å². The summed E-state index contributed by atoms with van der Waals surface area (Å²) in [5.74, 6) is 0.346. The fourth-order valence-corrected chi connectivity index (χ4v) is 4.48. The summed E-state index contributed by atoms with van der Waals surface area (Å²) >= 11 is 0. The second-order valence-corrected chi connectivity index (χ2v) is 10.2. The van der Waals surface area contributed by atoms with Gasteiger partial charge in [0.2, 0.25) is 11.8 Å². The lowest BCUT2D eigenvalue weighted by Crippen LogP contribution is -2.51. The summed E-state index contributed by atoms with van der Waals surface area (Å²) in [4.78, 5) is 33.9. The van der Waals surface area contributed by atoms with Gasteiger partial charge in [0.15, 0.2) is 0 Å². The van der Waals surface area contributed by atoms with E-state index in [9.17, 15) is 9.59 Å². The number of likely N-dealkylation sites (tertiary alicyclic amines) is 1. The van der Waals surface area contributed by atoms with Crippen molar-refractivity contribution in [3.05, 3.63) is 54.4 Å². The highest BCUT2D eigenvalue weighted by atomic mass is 16.2. The van der Waals surface area contributed by atoms with Gasteiger partial charge < -0.3 is 9.80 Å². The van der Waals surface area contributed by atoms with Gasteiger partial charge in [0, 0.05) is 46.0 Å². The van der Waals surface area contributed by atoms with Crippen molar-refractivity contribution in [1.29, 1.82) is 0 Å². The highest BCUT2D eigenvalue weighted by Crippen LogP contribution is 2.38. The molecule has 0 spiro atoms. The van der Waals surface area contributed by atoms with E-state index in [2.05, 4.69) is 44.0 Å². The number of aromatic nitrogens is 1. The van der Waals surface area contributed by atoms with Crippen LogP contribution in [0.1, 0.15) is 45.6 Å². The molecule has 1 aliphatic heterocycles. The van der Waals surface area contributed by atoms with Crippen molar-refractivity contribution in [1.82, 2.24) is 14.8 Å². The Bertz CT molecular complexity index is 908. The van der Waals surface area contributed by atoms with Crippen molar-refractivity contribution < 1.29 is 9.59 Å². The summed E-state index contributed by atoms with van der Waals surface area (Å²) in [5.41, 5.74) is 2.81. The number of nitrogens with zero attached hydrogens (tertiary/aromatic N) is 3. The molecule has 1 aliphatic rings. The van der Waals surface area contributed by atoms with Gasteiger partial charge in [-0.2, -0.15) is 0 Å². The molecule has 0 saturated carbocycles. The number of carbonyl (C=O) groups is 2. The number of carbonyl (C=O) groups excluding carboxylic acids is 2. The summed E-state index contributed by atoms with van der Waals surface area (Å²) in [5, 5.41) is 0. The Morgan fingerprint density at radius 2 is 1.74 bits per heavy atom. The van der Waals surface area contributed by atoms with Crippen LogP contribution in [0, 0.1) is 10.8 Å². The first-order valence-electron chi connectivity index (χ1n) is 11.1. The van der Waals surface area contributed by atoms with E-state index in [0.29, 0.717) is 38.8 Å². The molecule has 5 nitrogen and oxygen atoms in total. The fourth-order valence-electron chi connectivity index (χ4n) is 4.48. The number of hydrogen-bond acceptors (Lipinski definition) is 3. The van der Waals surface area contributed by atoms with Crippen molar-refractivity contribution in [2.24, 2.45) is 10.8 Å². The van der Waals surface area contributed by atoms with E-state index < -0.39 is 5.41 Å². The topological polar surface area (TPSA) is 53.5 Å². The van der Waals surface area contributed by atoms with Crippen molar-refractivity contribution in [2.45, 2.75) is 46.5 Å². The van der Waals surface area contributed by atoms with Gasteiger partial charge in [-0.15, -0.1) is 0 Å². The Morgan fingerprint density at radius 3 is 2.32 bits per heavy atom. The molecule has 1 aromatic carbocycles. The maximum absolute atomic E-state index is 13.3. The average molecular weight is 422 g/mol. The quantitative estimate of drug-likeness (QED) is 0.718. The van der Waals surface area contributed by atoms with E-state index in [1.165, 1.54) is 0 Å². The lowest BCUT2D eigenvalue weighted by atomic mass is 9.72. The van der Waals surface area contributed by atoms with Crippen LogP contribution < -0.4 is 0 Å². The van der Waals surface area contributed by atoms with Crippen LogP contribution >= 0.6 is 0 Å². The molecule has 0 N–H and O–H groups in total. The molecule has 5 heteroatoms. The molecular weight excluding hydrogens is 386 g/mol. The maximum atomic E-state index is 13.3. The van der Waals surface area contributed by atoms with Crippen LogP contribution in [-0.4, -0.2) is 53.8 Å². The first-order valence-corrected chi connectivity index (χ1v) is 11.1. The molecule has 0 unspecified atom stereocenters. The largest absolute Gasteiger partial charge is 0.348 e. The Hall–Kier alpha value is -2.69. The van der Waals surface area contributed by atoms with E-state index in [0.717, 1.165) is 16.7 Å². The molecule has 0 bridgehead atoms. The zero-order valence-corrected chi connectivity index (χ0v) is 19.5. The van der Waals surface area contributed by atoms with Crippen molar-refractivity contribution in [3.8, 4) is 11.1 Å². The average Bonchev–Trinajstić information content (AvgIpc) is 2.73. The van der Waals surface area contributed by atoms with Gasteiger partial charge in [0.1, 0.15) is 0 Å². The molecule has 2 heterocycles. The third-order valence-electron chi connectivity index (χ3n) is 6.08. The number of amides is 2. The van der Waals surface area contributed by atoms with Gasteiger partial charge in [-0.1, -0.05) is 51.1 Å². The van der Waals surface area contributed by atoms with Crippen molar-refractivity contribution in [2.75, 3.05) is 27.2 Å². The molecule has 3 rings (SSSR count). The zero-order chi connectivity index (χ0) is 22.6. The Kier molecular flexibility index (Phi) is 6.83. The second kappa shape index (κ2) is 9.21. The predicted molar refractivity (Wildman–Crippen MR) is 124 cm³/mol. The van der Waals surface area contributed by atoms with Gasteiger partial charge in [-0.25, -0.2) is 0 Å². The zero-order valence-electron chi connectivity index (χ0n) is 19.5. The molecule has 0 aliphatic carbocycles. The van der Waals surface area contributed by atoms with Gasteiger partial charge in [-0.05, 0) is 47.4 Å². The third kappa shape index (κ3) is 5.72. The van der Waals surface area contributed by atoms with Crippen molar-refractivity contribution >= 4 is 11.8 Å². The van der Waals surface area contributed by atoms with Gasteiger partial charge in [0.25, 0.3) is 0 Å². The summed E-state index contributed by atoms with van der Waals surface area (Å²) in [6.07, 6.45) is 6.23. The van der Waals surface area contributed by atoms with Gasteiger partial charge in [-0.3, -0.25) is 14.6 Å². The van der Waals surface area contributed by atoms with Crippen molar-refractivity contribution in [3.63, 3.8) is 0 Å². The summed E-state index contributed by atoms with van der Waals surface area (Å²) < 4.78 is 0. The number of pyridine rings is 1.